The van der Waals surface area contributed by atoms with E-state index in [0.717, 1.165) is 31.3 Å². The van der Waals surface area contributed by atoms with Crippen LogP contribution in [0.1, 0.15) is 106 Å². The van der Waals surface area contributed by atoms with Crippen LogP contribution in [0.25, 0.3) is 0 Å². The molecule has 0 aromatic carbocycles. The molecule has 3 saturated heterocycles. The summed E-state index contributed by atoms with van der Waals surface area (Å²) in [5.41, 5.74) is -0.840. The first-order valence-electron chi connectivity index (χ1n) is 20.5. The maximum Gasteiger partial charge on any atom is 0.397 e. The summed E-state index contributed by atoms with van der Waals surface area (Å²) in [5.74, 6) is -0.545. The van der Waals surface area contributed by atoms with Crippen molar-refractivity contribution in [3.05, 3.63) is 23.8 Å². The molecule has 3 aliphatic heterocycles. The lowest BCUT2D eigenvalue weighted by Gasteiger charge is -2.63. The standard InChI is InChI=1S/C41H62O15S/c1-20(2)10-9-15-40(8)33-24(42)18-39(7)23-11-12-26-37(4,5)27(14-16-38(26,6)22(23)13-17-41(33,39)36(47)55-40)53-35-32(29(44)25(19-51-35)56-57(48,49)50)54-34-31(46)30(45)28(43)21(3)52-34/h13,21,23,25-35,43-46H,1,9-12,14-19H2,2-8H3,(H,48,49,50)/t21-,23-,25-,26+,27+,28-,29+,30+,31-,32-,33-,34+,35+,38-,39+,40+,41+/m1/s1. The Labute approximate surface area is 335 Å². The van der Waals surface area contributed by atoms with E-state index in [-0.39, 0.29) is 29.0 Å². The van der Waals surface area contributed by atoms with Gasteiger partial charge in [0.1, 0.15) is 48.0 Å². The summed E-state index contributed by atoms with van der Waals surface area (Å²) in [6.45, 7) is 17.6. The normalized spacial score (nSPS) is 49.3. The van der Waals surface area contributed by atoms with E-state index in [1.165, 1.54) is 12.5 Å². The number of ether oxygens (including phenoxy) is 5. The molecule has 3 saturated carbocycles. The first-order chi connectivity index (χ1) is 26.4. The van der Waals surface area contributed by atoms with Crippen LogP contribution in [0, 0.1) is 39.4 Å². The molecule has 0 radical (unpaired) electrons. The van der Waals surface area contributed by atoms with E-state index in [2.05, 4.69) is 44.5 Å². The molecule has 5 N–H and O–H groups in total. The van der Waals surface area contributed by atoms with Crippen molar-refractivity contribution in [1.29, 1.82) is 0 Å². The Hall–Kier alpha value is -1.83. The third-order valence-electron chi connectivity index (χ3n) is 15.6. The van der Waals surface area contributed by atoms with Gasteiger partial charge < -0.3 is 44.1 Å². The predicted molar refractivity (Wildman–Crippen MR) is 201 cm³/mol. The average molecular weight is 827 g/mol. The van der Waals surface area contributed by atoms with Crippen LogP contribution in [-0.4, -0.2) is 119 Å². The van der Waals surface area contributed by atoms with Crippen molar-refractivity contribution in [2.75, 3.05) is 6.61 Å². The highest BCUT2D eigenvalue weighted by molar-refractivity contribution is 7.80. The van der Waals surface area contributed by atoms with Gasteiger partial charge in [0.05, 0.1) is 30.1 Å². The van der Waals surface area contributed by atoms with Crippen LogP contribution in [-0.2, 0) is 47.9 Å². The number of cyclic esters (lactones) is 1. The molecule has 0 aromatic heterocycles. The zero-order valence-electron chi connectivity index (χ0n) is 34.1. The minimum Gasteiger partial charge on any atom is -0.458 e. The van der Waals surface area contributed by atoms with Gasteiger partial charge in [-0.15, -0.1) is 6.58 Å². The second kappa shape index (κ2) is 14.7. The van der Waals surface area contributed by atoms with Gasteiger partial charge in [0, 0.05) is 6.42 Å². The summed E-state index contributed by atoms with van der Waals surface area (Å²) < 4.78 is 67.9. The fourth-order valence-electron chi connectivity index (χ4n) is 12.8. The molecule has 3 heterocycles. The summed E-state index contributed by atoms with van der Waals surface area (Å²) >= 11 is 0. The van der Waals surface area contributed by atoms with Crippen LogP contribution in [0.15, 0.2) is 23.8 Å². The monoisotopic (exact) mass is 826 g/mol. The Morgan fingerprint density at radius 3 is 2.33 bits per heavy atom. The van der Waals surface area contributed by atoms with E-state index < -0.39 is 106 Å². The third kappa shape index (κ3) is 6.81. The number of fused-ring (bicyclic) bond motifs is 4. The molecular weight excluding hydrogens is 765 g/mol. The number of hydrogen-bond acceptors (Lipinski definition) is 14. The van der Waals surface area contributed by atoms with Gasteiger partial charge in [-0.25, -0.2) is 4.18 Å². The smallest absolute Gasteiger partial charge is 0.397 e. The molecule has 0 bridgehead atoms. The molecule has 0 aromatic rings. The summed E-state index contributed by atoms with van der Waals surface area (Å²) in [7, 11) is -5.02. The molecule has 322 valence electrons. The Morgan fingerprint density at radius 2 is 1.67 bits per heavy atom. The number of esters is 1. The van der Waals surface area contributed by atoms with E-state index in [9.17, 15) is 43.0 Å². The molecule has 15 nitrogen and oxygen atoms in total. The predicted octanol–water partition coefficient (Wildman–Crippen LogP) is 3.32. The number of Topliss-reactive ketones (excluding diaryl/α,β-unsaturated/α-hetero) is 1. The molecule has 17 atom stereocenters. The second-order valence-electron chi connectivity index (χ2n) is 19.5. The van der Waals surface area contributed by atoms with E-state index in [4.69, 9.17) is 23.7 Å². The van der Waals surface area contributed by atoms with Crippen LogP contribution in [0.4, 0.5) is 0 Å². The lowest BCUT2D eigenvalue weighted by molar-refractivity contribution is -0.362. The molecule has 0 unspecified atom stereocenters. The van der Waals surface area contributed by atoms with Crippen LogP contribution in [0.3, 0.4) is 0 Å². The highest BCUT2D eigenvalue weighted by atomic mass is 32.3. The van der Waals surface area contributed by atoms with Gasteiger partial charge in [-0.3, -0.25) is 14.1 Å². The largest absolute Gasteiger partial charge is 0.458 e. The van der Waals surface area contributed by atoms with E-state index >= 15 is 0 Å². The SMILES string of the molecule is C=C(C)CCC[C@]1(C)OC(=O)[C@@]23CC=C4[C@@H](CC[C@H]5C(C)(C)[C@@H](O[C@@H]6OC[C@@H](OS(=O)(=O)O)[C@H](O)[C@H]6O[C@@H]6O[C@H](C)[C@@H](O)[C@H](O)[C@H]6O)CC[C@]45C)[C@]2(C)CC(=O)[C@H]13. The number of aliphatic hydroxyl groups excluding tert-OH is 4. The first-order valence-corrected chi connectivity index (χ1v) is 21.8. The summed E-state index contributed by atoms with van der Waals surface area (Å²) in [5, 5.41) is 42.8. The fraction of sp³-hybridized carbons (Fsp3) is 0.854. The van der Waals surface area contributed by atoms with Gasteiger partial charge in [0.25, 0.3) is 0 Å². The topological polar surface area (TPSA) is 225 Å². The number of rotatable bonds is 10. The van der Waals surface area contributed by atoms with Crippen LogP contribution in [0.2, 0.25) is 0 Å². The number of carbonyl (C=O) groups is 2. The molecule has 4 aliphatic carbocycles. The number of carbonyl (C=O) groups excluding carboxylic acids is 2. The van der Waals surface area contributed by atoms with Crippen molar-refractivity contribution < 1.29 is 70.9 Å². The Kier molecular flexibility index (Phi) is 11.1. The zero-order chi connectivity index (χ0) is 41.8. The van der Waals surface area contributed by atoms with Crippen LogP contribution in [0.5, 0.6) is 0 Å². The zero-order valence-corrected chi connectivity index (χ0v) is 34.9. The van der Waals surface area contributed by atoms with Crippen molar-refractivity contribution in [3.63, 3.8) is 0 Å². The van der Waals surface area contributed by atoms with Crippen molar-refractivity contribution in [2.45, 2.75) is 173 Å². The fourth-order valence-corrected chi connectivity index (χ4v) is 13.3. The van der Waals surface area contributed by atoms with Gasteiger partial charge in [-0.2, -0.15) is 8.42 Å². The van der Waals surface area contributed by atoms with Crippen molar-refractivity contribution in [3.8, 4) is 0 Å². The van der Waals surface area contributed by atoms with E-state index in [0.29, 0.717) is 32.1 Å². The summed E-state index contributed by atoms with van der Waals surface area (Å²) in [6, 6.07) is 0. The van der Waals surface area contributed by atoms with Crippen molar-refractivity contribution in [2.24, 2.45) is 39.4 Å². The van der Waals surface area contributed by atoms with Gasteiger partial charge in [0.15, 0.2) is 12.6 Å². The highest BCUT2D eigenvalue weighted by Gasteiger charge is 2.79. The number of aliphatic hydroxyl groups is 4. The van der Waals surface area contributed by atoms with Gasteiger partial charge in [-0.1, -0.05) is 44.9 Å². The summed E-state index contributed by atoms with van der Waals surface area (Å²) in [6.07, 6.45) is -6.00. The molecule has 16 heteroatoms. The lowest BCUT2D eigenvalue weighted by Crippen LogP contribution is -2.63. The molecule has 57 heavy (non-hydrogen) atoms. The van der Waals surface area contributed by atoms with Gasteiger partial charge >= 0.3 is 16.4 Å². The number of allylic oxidation sites excluding steroid dienone is 3. The van der Waals surface area contributed by atoms with Gasteiger partial charge in [-0.05, 0) is 100 Å². The highest BCUT2D eigenvalue weighted by Crippen LogP contribution is 2.75. The second-order valence-corrected chi connectivity index (χ2v) is 20.5. The van der Waals surface area contributed by atoms with Crippen LogP contribution >= 0.6 is 0 Å². The Bertz CT molecular complexity index is 1760. The van der Waals surface area contributed by atoms with E-state index in [1.54, 1.807) is 0 Å². The lowest BCUT2D eigenvalue weighted by atomic mass is 9.41. The average Bonchev–Trinajstić information content (AvgIpc) is 3.50. The first kappa shape index (κ1) is 43.3. The Balaban J connectivity index is 1.13. The van der Waals surface area contributed by atoms with Crippen molar-refractivity contribution >= 4 is 22.2 Å². The van der Waals surface area contributed by atoms with E-state index in [1.807, 2.05) is 13.8 Å². The number of ketones is 1. The van der Waals surface area contributed by atoms with Gasteiger partial charge in [0.2, 0.25) is 0 Å². The minimum absolute atomic E-state index is 0.00700. The summed E-state index contributed by atoms with van der Waals surface area (Å²) in [4.78, 5) is 28.4. The van der Waals surface area contributed by atoms with Crippen molar-refractivity contribution in [1.82, 2.24) is 0 Å². The maximum absolute atomic E-state index is 14.2. The molecule has 7 aliphatic rings. The third-order valence-corrected chi connectivity index (χ3v) is 16.1. The quantitative estimate of drug-likeness (QED) is 0.0922. The molecule has 7 rings (SSSR count). The Morgan fingerprint density at radius 1 is 0.965 bits per heavy atom. The maximum atomic E-state index is 14.2. The number of hydrogen-bond donors (Lipinski definition) is 5. The molecule has 0 amide bonds. The minimum atomic E-state index is -5.02. The molecule has 6 fully saturated rings. The molecular formula is C41H62O15S. The molecule has 1 spiro atoms. The van der Waals surface area contributed by atoms with Crippen LogP contribution < -0.4 is 0 Å².